The second-order valence-corrected chi connectivity index (χ2v) is 6.44. The Morgan fingerprint density at radius 2 is 1.84 bits per heavy atom. The predicted molar refractivity (Wildman–Crippen MR) is 111 cm³/mol. The van der Waals surface area contributed by atoms with Crippen LogP contribution in [0.25, 0.3) is 22.3 Å². The topological polar surface area (TPSA) is 144 Å². The number of carboxylic acids is 2. The molecular weight excluding hydrogens is 408 g/mol. The number of allylic oxidation sites excluding steroid dienone is 1. The summed E-state index contributed by atoms with van der Waals surface area (Å²) in [6, 6.07) is 4.93. The molecule has 0 aliphatic heterocycles. The quantitative estimate of drug-likeness (QED) is 0.485. The lowest BCUT2D eigenvalue weighted by Gasteiger charge is -2.15. The predicted octanol–water partition coefficient (Wildman–Crippen LogP) is 3.31. The molecule has 1 heterocycles. The minimum atomic E-state index is -1.50. The van der Waals surface area contributed by atoms with Gasteiger partial charge in [0.25, 0.3) is 0 Å². The van der Waals surface area contributed by atoms with Crippen LogP contribution in [0, 0.1) is 0 Å². The third-order valence-electron chi connectivity index (χ3n) is 4.69. The summed E-state index contributed by atoms with van der Waals surface area (Å²) in [5.41, 5.74) is -1.36. The van der Waals surface area contributed by atoms with E-state index < -0.39 is 22.9 Å². The molecule has 0 bridgehead atoms. The second-order valence-electron chi connectivity index (χ2n) is 6.44. The van der Waals surface area contributed by atoms with Crippen LogP contribution in [-0.2, 0) is 6.42 Å². The maximum Gasteiger partial charge on any atom is 0.336 e. The van der Waals surface area contributed by atoms with Crippen LogP contribution >= 0.6 is 0 Å². The van der Waals surface area contributed by atoms with Crippen molar-refractivity contribution in [1.82, 2.24) is 0 Å². The Hall–Kier alpha value is -4.27. The molecule has 160 valence electrons. The van der Waals surface area contributed by atoms with Crippen LogP contribution in [0.5, 0.6) is 17.2 Å². The number of carboxylic acid groups (broad SMARTS) is 2. The van der Waals surface area contributed by atoms with Gasteiger partial charge in [-0.25, -0.2) is 9.59 Å². The summed E-state index contributed by atoms with van der Waals surface area (Å²) in [5.74, 6) is -3.30. The number of fused-ring (bicyclic) bond motifs is 1. The van der Waals surface area contributed by atoms with Crippen molar-refractivity contribution in [3.8, 4) is 28.6 Å². The molecule has 9 heteroatoms. The molecule has 3 rings (SSSR count). The van der Waals surface area contributed by atoms with Gasteiger partial charge < -0.3 is 29.2 Å². The van der Waals surface area contributed by atoms with E-state index in [-0.39, 0.29) is 51.5 Å². The first kappa shape index (κ1) is 21.4. The summed E-state index contributed by atoms with van der Waals surface area (Å²) in [5, 5.41) is 29.0. The van der Waals surface area contributed by atoms with Crippen LogP contribution in [0.2, 0.25) is 0 Å². The van der Waals surface area contributed by atoms with Gasteiger partial charge in [0.05, 0.1) is 30.7 Å². The molecule has 9 nitrogen and oxygen atoms in total. The standard InChI is InChI=1S/C22H18O9/c1-4-5-11-12(6-7-14(29-2)17(11)23)19-20(30-3)18(24)16-13(22(27)28)8-10(21(25)26)9-15(16)31-19/h4,6-9,23H,1,5H2,2-3H3,(H,25,26)(H,27,28). The number of carbonyl (C=O) groups is 2. The zero-order valence-corrected chi connectivity index (χ0v) is 16.6. The van der Waals surface area contributed by atoms with Crippen molar-refractivity contribution in [2.75, 3.05) is 14.2 Å². The SMILES string of the molecule is C=CCc1c(-c2oc3cc(C(=O)O)cc(C(=O)O)c3c(=O)c2OC)ccc(OC)c1O. The number of phenolic OH excluding ortho intramolecular Hbond substituents is 1. The van der Waals surface area contributed by atoms with Crippen LogP contribution in [-0.4, -0.2) is 41.5 Å². The zero-order chi connectivity index (χ0) is 22.9. The number of hydrogen-bond acceptors (Lipinski definition) is 7. The molecule has 0 aliphatic rings. The van der Waals surface area contributed by atoms with Crippen molar-refractivity contribution in [2.45, 2.75) is 6.42 Å². The highest BCUT2D eigenvalue weighted by molar-refractivity contribution is 6.06. The molecule has 0 saturated heterocycles. The summed E-state index contributed by atoms with van der Waals surface area (Å²) in [6.07, 6.45) is 1.70. The van der Waals surface area contributed by atoms with Crippen LogP contribution in [0.4, 0.5) is 0 Å². The molecule has 3 N–H and O–H groups in total. The number of hydrogen-bond donors (Lipinski definition) is 3. The lowest BCUT2D eigenvalue weighted by Crippen LogP contribution is -2.13. The van der Waals surface area contributed by atoms with Gasteiger partial charge >= 0.3 is 11.9 Å². The molecule has 3 aromatic rings. The van der Waals surface area contributed by atoms with Crippen molar-refractivity contribution in [3.63, 3.8) is 0 Å². The summed E-state index contributed by atoms with van der Waals surface area (Å²) >= 11 is 0. The molecule has 0 fully saturated rings. The van der Waals surface area contributed by atoms with Crippen molar-refractivity contribution in [3.05, 3.63) is 63.8 Å². The first-order valence-corrected chi connectivity index (χ1v) is 8.90. The number of aromatic hydroxyl groups is 1. The molecule has 0 radical (unpaired) electrons. The molecule has 2 aromatic carbocycles. The van der Waals surface area contributed by atoms with Crippen LogP contribution in [0.1, 0.15) is 26.3 Å². The summed E-state index contributed by atoms with van der Waals surface area (Å²) < 4.78 is 16.2. The van der Waals surface area contributed by atoms with Gasteiger partial charge in [-0.3, -0.25) is 4.79 Å². The maximum atomic E-state index is 13.1. The minimum Gasteiger partial charge on any atom is -0.504 e. The van der Waals surface area contributed by atoms with E-state index in [2.05, 4.69) is 6.58 Å². The van der Waals surface area contributed by atoms with Gasteiger partial charge in [0.1, 0.15) is 5.58 Å². The third-order valence-corrected chi connectivity index (χ3v) is 4.69. The average molecular weight is 426 g/mol. The van der Waals surface area contributed by atoms with Gasteiger partial charge in [-0.2, -0.15) is 0 Å². The van der Waals surface area contributed by atoms with E-state index in [0.717, 1.165) is 12.1 Å². The smallest absolute Gasteiger partial charge is 0.336 e. The van der Waals surface area contributed by atoms with E-state index in [4.69, 9.17) is 13.9 Å². The van der Waals surface area contributed by atoms with E-state index in [9.17, 15) is 29.7 Å². The van der Waals surface area contributed by atoms with E-state index in [0.29, 0.717) is 5.56 Å². The monoisotopic (exact) mass is 426 g/mol. The van der Waals surface area contributed by atoms with Crippen molar-refractivity contribution in [1.29, 1.82) is 0 Å². The highest BCUT2D eigenvalue weighted by Crippen LogP contribution is 2.41. The van der Waals surface area contributed by atoms with Crippen molar-refractivity contribution in [2.24, 2.45) is 0 Å². The zero-order valence-electron chi connectivity index (χ0n) is 16.6. The van der Waals surface area contributed by atoms with Gasteiger partial charge in [-0.15, -0.1) is 6.58 Å². The van der Waals surface area contributed by atoms with Crippen LogP contribution in [0.15, 0.2) is 46.1 Å². The Morgan fingerprint density at radius 3 is 2.39 bits per heavy atom. The number of rotatable bonds is 7. The van der Waals surface area contributed by atoms with Gasteiger partial charge in [0.15, 0.2) is 17.3 Å². The second kappa shape index (κ2) is 8.23. The molecule has 0 spiro atoms. The summed E-state index contributed by atoms with van der Waals surface area (Å²) in [6.45, 7) is 3.65. The third kappa shape index (κ3) is 3.57. The number of ether oxygens (including phenoxy) is 2. The van der Waals surface area contributed by atoms with Gasteiger partial charge in [0, 0.05) is 11.1 Å². The molecule has 0 amide bonds. The molecule has 0 unspecified atom stereocenters. The number of aromatic carboxylic acids is 2. The highest BCUT2D eigenvalue weighted by atomic mass is 16.5. The number of benzene rings is 2. The number of methoxy groups -OCH3 is 2. The molecule has 0 atom stereocenters. The Labute approximate surface area is 175 Å². The van der Waals surface area contributed by atoms with Crippen molar-refractivity contribution < 1.29 is 38.8 Å². The Balaban J connectivity index is 2.49. The van der Waals surface area contributed by atoms with Gasteiger partial charge in [-0.05, 0) is 30.7 Å². The summed E-state index contributed by atoms with van der Waals surface area (Å²) in [4.78, 5) is 36.3. The molecule has 0 saturated carbocycles. The molecular formula is C22H18O9. The lowest BCUT2D eigenvalue weighted by atomic mass is 9.98. The van der Waals surface area contributed by atoms with Crippen LogP contribution in [0.3, 0.4) is 0 Å². The van der Waals surface area contributed by atoms with E-state index >= 15 is 0 Å². The highest BCUT2D eigenvalue weighted by Gasteiger charge is 2.26. The minimum absolute atomic E-state index is 0.103. The fourth-order valence-corrected chi connectivity index (χ4v) is 3.30. The summed E-state index contributed by atoms with van der Waals surface area (Å²) in [7, 11) is 2.59. The molecule has 0 aliphatic carbocycles. The average Bonchev–Trinajstić information content (AvgIpc) is 2.74. The normalized spacial score (nSPS) is 10.6. The first-order chi connectivity index (χ1) is 14.7. The molecule has 31 heavy (non-hydrogen) atoms. The van der Waals surface area contributed by atoms with Crippen LogP contribution < -0.4 is 14.9 Å². The lowest BCUT2D eigenvalue weighted by molar-refractivity contribution is 0.0696. The van der Waals surface area contributed by atoms with Gasteiger partial charge in [0.2, 0.25) is 11.2 Å². The van der Waals surface area contributed by atoms with E-state index in [1.54, 1.807) is 0 Å². The molecule has 1 aromatic heterocycles. The van der Waals surface area contributed by atoms with E-state index in [1.807, 2.05) is 0 Å². The largest absolute Gasteiger partial charge is 0.504 e. The first-order valence-electron chi connectivity index (χ1n) is 8.90. The Bertz CT molecular complexity index is 1280. The fraction of sp³-hybridized carbons (Fsp3) is 0.136. The van der Waals surface area contributed by atoms with Gasteiger partial charge in [-0.1, -0.05) is 6.08 Å². The Morgan fingerprint density at radius 1 is 1.13 bits per heavy atom. The Kier molecular flexibility index (Phi) is 5.69. The number of phenols is 1. The fourth-order valence-electron chi connectivity index (χ4n) is 3.30. The van der Waals surface area contributed by atoms with Crippen molar-refractivity contribution >= 4 is 22.9 Å². The maximum absolute atomic E-state index is 13.1. The van der Waals surface area contributed by atoms with E-state index in [1.165, 1.54) is 32.4 Å².